The first-order valence-electron chi connectivity index (χ1n) is 6.22. The Labute approximate surface area is 115 Å². The van der Waals surface area contributed by atoms with E-state index < -0.39 is 0 Å². The number of hydrogen-bond donors (Lipinski definition) is 1. The third-order valence-electron chi connectivity index (χ3n) is 3.21. The zero-order valence-corrected chi connectivity index (χ0v) is 12.2. The summed E-state index contributed by atoms with van der Waals surface area (Å²) in [7, 11) is 0. The first-order chi connectivity index (χ1) is 8.63. The predicted octanol–water partition coefficient (Wildman–Crippen LogP) is 4.34. The van der Waals surface area contributed by atoms with Crippen molar-refractivity contribution in [3.8, 4) is 0 Å². The van der Waals surface area contributed by atoms with Crippen molar-refractivity contribution in [2.45, 2.75) is 32.7 Å². The van der Waals surface area contributed by atoms with E-state index in [1.807, 2.05) is 6.92 Å². The van der Waals surface area contributed by atoms with Crippen LogP contribution in [0, 0.1) is 13.8 Å². The van der Waals surface area contributed by atoms with Gasteiger partial charge in [0.05, 0.1) is 5.69 Å². The lowest BCUT2D eigenvalue weighted by molar-refractivity contribution is 0.750. The standard InChI is InChI=1S/C14H16BrN3/c1-9-7-11(3-6-13(9)15)17-14-16-10(2)8-18(14)12-4-5-12/h3,6-8,12H,4-5H2,1-2H3,(H,16,17). The van der Waals surface area contributed by atoms with Crippen LogP contribution in [-0.2, 0) is 0 Å². The fourth-order valence-electron chi connectivity index (χ4n) is 2.09. The molecule has 3 rings (SSSR count). The number of halogens is 1. The zero-order valence-electron chi connectivity index (χ0n) is 10.6. The molecular weight excluding hydrogens is 290 g/mol. The molecule has 1 aromatic heterocycles. The summed E-state index contributed by atoms with van der Waals surface area (Å²) in [6, 6.07) is 6.91. The molecule has 0 atom stereocenters. The Morgan fingerprint density at radius 2 is 2.11 bits per heavy atom. The maximum absolute atomic E-state index is 4.56. The molecule has 1 aliphatic rings. The number of anilines is 2. The first-order valence-corrected chi connectivity index (χ1v) is 7.01. The summed E-state index contributed by atoms with van der Waals surface area (Å²) < 4.78 is 3.39. The molecule has 1 heterocycles. The van der Waals surface area contributed by atoms with Crippen LogP contribution < -0.4 is 5.32 Å². The SMILES string of the molecule is Cc1cn(C2CC2)c(Nc2ccc(Br)c(C)c2)n1. The van der Waals surface area contributed by atoms with Crippen LogP contribution in [-0.4, -0.2) is 9.55 Å². The lowest BCUT2D eigenvalue weighted by atomic mass is 10.2. The molecule has 3 nitrogen and oxygen atoms in total. The van der Waals surface area contributed by atoms with E-state index in [1.165, 1.54) is 18.4 Å². The third-order valence-corrected chi connectivity index (χ3v) is 4.10. The average Bonchev–Trinajstić information content (AvgIpc) is 3.09. The summed E-state index contributed by atoms with van der Waals surface area (Å²) >= 11 is 3.52. The second-order valence-electron chi connectivity index (χ2n) is 4.93. The molecule has 0 spiro atoms. The van der Waals surface area contributed by atoms with Crippen molar-refractivity contribution in [1.29, 1.82) is 0 Å². The topological polar surface area (TPSA) is 29.9 Å². The van der Waals surface area contributed by atoms with Crippen LogP contribution >= 0.6 is 15.9 Å². The van der Waals surface area contributed by atoms with Crippen LogP contribution in [0.1, 0.15) is 30.1 Å². The normalized spacial score (nSPS) is 14.8. The Balaban J connectivity index is 1.89. The molecule has 1 aliphatic carbocycles. The fourth-order valence-corrected chi connectivity index (χ4v) is 2.34. The Morgan fingerprint density at radius 3 is 2.78 bits per heavy atom. The fraction of sp³-hybridized carbons (Fsp3) is 0.357. The van der Waals surface area contributed by atoms with Crippen LogP contribution in [0.3, 0.4) is 0 Å². The largest absolute Gasteiger partial charge is 0.326 e. The van der Waals surface area contributed by atoms with Gasteiger partial charge in [-0.05, 0) is 50.5 Å². The molecule has 0 bridgehead atoms. The molecule has 0 aliphatic heterocycles. The average molecular weight is 306 g/mol. The molecule has 1 N–H and O–H groups in total. The lowest BCUT2D eigenvalue weighted by Crippen LogP contribution is -2.01. The number of aromatic nitrogens is 2. The quantitative estimate of drug-likeness (QED) is 0.914. The minimum absolute atomic E-state index is 0.644. The molecule has 0 unspecified atom stereocenters. The molecule has 0 amide bonds. The van der Waals surface area contributed by atoms with E-state index in [0.717, 1.165) is 21.8 Å². The van der Waals surface area contributed by atoms with Gasteiger partial charge in [0.2, 0.25) is 5.95 Å². The van der Waals surface area contributed by atoms with E-state index in [-0.39, 0.29) is 0 Å². The predicted molar refractivity (Wildman–Crippen MR) is 77.4 cm³/mol. The van der Waals surface area contributed by atoms with E-state index in [1.54, 1.807) is 0 Å². The second-order valence-corrected chi connectivity index (χ2v) is 5.79. The van der Waals surface area contributed by atoms with E-state index >= 15 is 0 Å². The summed E-state index contributed by atoms with van der Waals surface area (Å²) in [6.45, 7) is 4.13. The maximum Gasteiger partial charge on any atom is 0.207 e. The molecule has 1 saturated carbocycles. The summed E-state index contributed by atoms with van der Waals surface area (Å²) in [6.07, 6.45) is 4.67. The van der Waals surface area contributed by atoms with Crippen molar-refractivity contribution >= 4 is 27.6 Å². The number of hydrogen-bond acceptors (Lipinski definition) is 2. The minimum Gasteiger partial charge on any atom is -0.326 e. The van der Waals surface area contributed by atoms with Crippen LogP contribution in [0.2, 0.25) is 0 Å². The van der Waals surface area contributed by atoms with Gasteiger partial charge in [0, 0.05) is 22.4 Å². The van der Waals surface area contributed by atoms with Gasteiger partial charge >= 0.3 is 0 Å². The van der Waals surface area contributed by atoms with Crippen LogP contribution in [0.15, 0.2) is 28.9 Å². The molecule has 18 heavy (non-hydrogen) atoms. The van der Waals surface area contributed by atoms with Gasteiger partial charge in [-0.1, -0.05) is 15.9 Å². The van der Waals surface area contributed by atoms with Gasteiger partial charge in [-0.25, -0.2) is 4.98 Å². The number of benzene rings is 1. The summed E-state index contributed by atoms with van der Waals surface area (Å²) in [5.74, 6) is 0.955. The number of aryl methyl sites for hydroxylation is 2. The summed E-state index contributed by atoms with van der Waals surface area (Å²) in [4.78, 5) is 4.56. The highest BCUT2D eigenvalue weighted by atomic mass is 79.9. The minimum atomic E-state index is 0.644. The van der Waals surface area contributed by atoms with Gasteiger partial charge in [-0.15, -0.1) is 0 Å². The van der Waals surface area contributed by atoms with Crippen LogP contribution in [0.4, 0.5) is 11.6 Å². The smallest absolute Gasteiger partial charge is 0.207 e. The highest BCUT2D eigenvalue weighted by Crippen LogP contribution is 2.38. The van der Waals surface area contributed by atoms with Gasteiger partial charge < -0.3 is 9.88 Å². The van der Waals surface area contributed by atoms with Gasteiger partial charge in [0.25, 0.3) is 0 Å². The highest BCUT2D eigenvalue weighted by Gasteiger charge is 2.26. The van der Waals surface area contributed by atoms with Gasteiger partial charge in [0.15, 0.2) is 0 Å². The lowest BCUT2D eigenvalue weighted by Gasteiger charge is -2.09. The zero-order chi connectivity index (χ0) is 12.7. The Hall–Kier alpha value is -1.29. The van der Waals surface area contributed by atoms with Crippen LogP contribution in [0.5, 0.6) is 0 Å². The molecule has 2 aromatic rings. The van der Waals surface area contributed by atoms with Gasteiger partial charge in [0.1, 0.15) is 0 Å². The Kier molecular flexibility index (Phi) is 2.90. The number of rotatable bonds is 3. The Bertz CT molecular complexity index is 585. The molecule has 1 fully saturated rings. The van der Waals surface area contributed by atoms with Crippen molar-refractivity contribution in [2.75, 3.05) is 5.32 Å². The number of nitrogens with zero attached hydrogens (tertiary/aromatic N) is 2. The second kappa shape index (κ2) is 4.43. The molecular formula is C14H16BrN3. The molecule has 94 valence electrons. The molecule has 4 heteroatoms. The number of imidazole rings is 1. The van der Waals surface area contributed by atoms with E-state index in [0.29, 0.717) is 6.04 Å². The number of nitrogens with one attached hydrogen (secondary N) is 1. The molecule has 0 radical (unpaired) electrons. The highest BCUT2D eigenvalue weighted by molar-refractivity contribution is 9.10. The van der Waals surface area contributed by atoms with Crippen molar-refractivity contribution in [3.63, 3.8) is 0 Å². The first kappa shape index (κ1) is 11.8. The van der Waals surface area contributed by atoms with Gasteiger partial charge in [-0.2, -0.15) is 0 Å². The Morgan fingerprint density at radius 1 is 1.33 bits per heavy atom. The van der Waals surface area contributed by atoms with Crippen molar-refractivity contribution in [2.24, 2.45) is 0 Å². The maximum atomic E-state index is 4.56. The molecule has 1 aromatic carbocycles. The summed E-state index contributed by atoms with van der Waals surface area (Å²) in [5, 5.41) is 3.41. The van der Waals surface area contributed by atoms with E-state index in [4.69, 9.17) is 0 Å². The van der Waals surface area contributed by atoms with Crippen molar-refractivity contribution < 1.29 is 0 Å². The van der Waals surface area contributed by atoms with E-state index in [2.05, 4.69) is 62.1 Å². The van der Waals surface area contributed by atoms with Crippen molar-refractivity contribution in [1.82, 2.24) is 9.55 Å². The third kappa shape index (κ3) is 2.29. The monoisotopic (exact) mass is 305 g/mol. The van der Waals surface area contributed by atoms with Gasteiger partial charge in [-0.3, -0.25) is 0 Å². The van der Waals surface area contributed by atoms with E-state index in [9.17, 15) is 0 Å². The molecule has 0 saturated heterocycles. The van der Waals surface area contributed by atoms with Crippen molar-refractivity contribution in [3.05, 3.63) is 40.1 Å². The van der Waals surface area contributed by atoms with Crippen LogP contribution in [0.25, 0.3) is 0 Å². The summed E-state index contributed by atoms with van der Waals surface area (Å²) in [5.41, 5.74) is 3.38.